The van der Waals surface area contributed by atoms with Crippen molar-refractivity contribution in [2.75, 3.05) is 12.3 Å². The maximum Gasteiger partial charge on any atom is 1.00 e. The summed E-state index contributed by atoms with van der Waals surface area (Å²) in [5, 5.41) is 20.4. The van der Waals surface area contributed by atoms with E-state index in [2.05, 4.69) is 28.1 Å². The molecule has 0 aliphatic carbocycles. The van der Waals surface area contributed by atoms with Crippen LogP contribution in [0.4, 0.5) is 5.95 Å². The van der Waals surface area contributed by atoms with Gasteiger partial charge < -0.3 is 45.7 Å². The van der Waals surface area contributed by atoms with Crippen LogP contribution in [0.15, 0.2) is 11.1 Å². The predicted octanol–water partition coefficient (Wildman–Crippen LogP) is -6.16. The van der Waals surface area contributed by atoms with Crippen molar-refractivity contribution < 1.29 is 96.4 Å². The number of nitrogens with one attached hydrogen (secondary N) is 1. The number of rotatable bonds is 8. The first kappa shape index (κ1) is 31.4. The summed E-state index contributed by atoms with van der Waals surface area (Å²) in [7, 11) is -16.8. The first-order valence-corrected chi connectivity index (χ1v) is 12.6. The van der Waals surface area contributed by atoms with Crippen molar-refractivity contribution in [1.82, 2.24) is 19.5 Å². The number of hydrogen-bond acceptors (Lipinski definition) is 13. The van der Waals surface area contributed by atoms with E-state index in [1.807, 2.05) is 0 Å². The summed E-state index contributed by atoms with van der Waals surface area (Å²) in [4.78, 5) is 57.3. The molecular weight excluding hydrogens is 546 g/mol. The van der Waals surface area contributed by atoms with Crippen LogP contribution in [0.1, 0.15) is 6.23 Å². The molecule has 6 atom stereocenters. The van der Waals surface area contributed by atoms with E-state index < -0.39 is 60.2 Å². The smallest absolute Gasteiger partial charge is 0.412 e. The molecule has 11 N–H and O–H groups in total. The van der Waals surface area contributed by atoms with E-state index >= 15 is 0 Å². The minimum absolute atomic E-state index is 0. The number of aliphatic hydroxyl groups excluding tert-OH is 2. The van der Waals surface area contributed by atoms with Gasteiger partial charge in [0, 0.05) is 0 Å². The maximum atomic E-state index is 11.9. The Kier molecular flexibility index (Phi) is 10.4. The van der Waals surface area contributed by atoms with Crippen LogP contribution in [-0.2, 0) is 31.6 Å². The van der Waals surface area contributed by atoms with Crippen molar-refractivity contribution in [3.05, 3.63) is 16.7 Å². The van der Waals surface area contributed by atoms with Crippen molar-refractivity contribution in [3.8, 4) is 0 Å². The summed E-state index contributed by atoms with van der Waals surface area (Å²) in [5.41, 5.74) is 4.50. The molecule has 20 nitrogen and oxygen atoms in total. The van der Waals surface area contributed by atoms with Gasteiger partial charge in [-0.2, -0.15) is 13.6 Å². The number of aliphatic hydroxyl groups is 2. The molecule has 3 rings (SSSR count). The molecule has 1 fully saturated rings. The van der Waals surface area contributed by atoms with E-state index in [0.717, 1.165) is 10.9 Å². The Labute approximate surface area is 209 Å². The number of hydrogen-bond donors (Lipinski definition) is 8. The van der Waals surface area contributed by atoms with Gasteiger partial charge in [0.25, 0.3) is 5.56 Å². The summed E-state index contributed by atoms with van der Waals surface area (Å²) in [5.74, 6) is -0.276. The second kappa shape index (κ2) is 11.2. The number of ether oxygens (including phenoxy) is 1. The summed E-state index contributed by atoms with van der Waals surface area (Å²) < 4.78 is 51.6. The molecule has 2 aromatic rings. The predicted molar refractivity (Wildman–Crippen MR) is 102 cm³/mol. The van der Waals surface area contributed by atoms with E-state index in [1.165, 1.54) is 0 Å². The van der Waals surface area contributed by atoms with Crippen LogP contribution in [0.2, 0.25) is 0 Å². The molecule has 0 aromatic carbocycles. The molecule has 2 unspecified atom stereocenters. The third-order valence-corrected chi connectivity index (χ3v) is 7.68. The minimum Gasteiger partial charge on any atom is -0.412 e. The van der Waals surface area contributed by atoms with E-state index in [4.69, 9.17) is 25.2 Å². The van der Waals surface area contributed by atoms with E-state index in [9.17, 15) is 33.6 Å². The van der Waals surface area contributed by atoms with Gasteiger partial charge in [0.2, 0.25) is 5.95 Å². The average Bonchev–Trinajstić information content (AvgIpc) is 3.12. The van der Waals surface area contributed by atoms with E-state index in [0.29, 0.717) is 0 Å². The Hall–Kier alpha value is -0.600. The number of phosphoric acid groups is 3. The van der Waals surface area contributed by atoms with Gasteiger partial charge >= 0.3 is 53.0 Å². The molecule has 0 saturated carbocycles. The molecule has 2 aromatic heterocycles. The van der Waals surface area contributed by atoms with Crippen LogP contribution < -0.4 is 40.9 Å². The molecule has 3 heterocycles. The average molecular weight is 564 g/mol. The van der Waals surface area contributed by atoms with Crippen LogP contribution in [0, 0.1) is 0 Å². The first-order valence-electron chi connectivity index (χ1n) is 8.11. The number of fused-ring (bicyclic) bond motifs is 1. The van der Waals surface area contributed by atoms with E-state index in [-0.39, 0.29) is 52.1 Å². The number of imidazole rings is 1. The standard InChI is InChI=1S/C10H16N5O14P3.Na.H2O/c11-10-13-7-4(8(18)14-10)12-2-15(7)9-6(17)5(16)3(27-9)1-26-31(22,23)29-32(24,25)28-30(19,20)21;;/h2-3,5-6,9,16-17H,1H2,(H,22,23)(H,24,25)(H2,19,20,21)(H3,11,13,14,18);;1H2/q;+1;/t3-,5-,6-,9-;;/m1../s1. The first-order chi connectivity index (χ1) is 14.6. The van der Waals surface area contributed by atoms with Gasteiger partial charge in [-0.3, -0.25) is 18.9 Å². The number of H-pyrrole nitrogens is 1. The van der Waals surface area contributed by atoms with Gasteiger partial charge in [-0.25, -0.2) is 18.7 Å². The van der Waals surface area contributed by atoms with Crippen LogP contribution in [0.5, 0.6) is 0 Å². The number of nitrogens with zero attached hydrogens (tertiary/aromatic N) is 3. The van der Waals surface area contributed by atoms with Crippen molar-refractivity contribution in [1.29, 1.82) is 0 Å². The fourth-order valence-corrected chi connectivity index (χ4v) is 5.73. The summed E-state index contributed by atoms with van der Waals surface area (Å²) in [6, 6.07) is 0. The number of phosphoric ester groups is 1. The molecule has 0 amide bonds. The van der Waals surface area contributed by atoms with Gasteiger partial charge in [-0.15, -0.1) is 0 Å². The monoisotopic (exact) mass is 564 g/mol. The van der Waals surface area contributed by atoms with Crippen LogP contribution in [-0.4, -0.2) is 79.7 Å². The molecule has 0 bridgehead atoms. The topological polar surface area (TPSA) is 331 Å². The van der Waals surface area contributed by atoms with Gasteiger partial charge in [0.05, 0.1) is 12.9 Å². The van der Waals surface area contributed by atoms with Gasteiger partial charge in [-0.1, -0.05) is 0 Å². The zero-order valence-corrected chi connectivity index (χ0v) is 21.5. The van der Waals surface area contributed by atoms with Crippen LogP contribution in [0.3, 0.4) is 0 Å². The van der Waals surface area contributed by atoms with Crippen molar-refractivity contribution in [2.24, 2.45) is 0 Å². The molecule has 1 aliphatic heterocycles. The number of nitrogens with two attached hydrogens (primary N) is 1. The van der Waals surface area contributed by atoms with Crippen molar-refractivity contribution >= 4 is 40.6 Å². The quantitative estimate of drug-likeness (QED) is 0.109. The fourth-order valence-electron chi connectivity index (χ4n) is 2.70. The van der Waals surface area contributed by atoms with Crippen LogP contribution in [0.25, 0.3) is 11.2 Å². The second-order valence-electron chi connectivity index (χ2n) is 6.21. The maximum absolute atomic E-state index is 11.9. The molecule has 1 saturated heterocycles. The van der Waals surface area contributed by atoms with Crippen molar-refractivity contribution in [2.45, 2.75) is 24.5 Å². The molecule has 1 aliphatic rings. The van der Waals surface area contributed by atoms with Gasteiger partial charge in [0.1, 0.15) is 18.3 Å². The molecule has 34 heavy (non-hydrogen) atoms. The summed E-state index contributed by atoms with van der Waals surface area (Å²) >= 11 is 0. The molecule has 24 heteroatoms. The van der Waals surface area contributed by atoms with Gasteiger partial charge in [-0.05, 0) is 0 Å². The SMILES string of the molecule is Nc1nc2c(ncn2[C@@H]2O[C@H](COP(=O)(O)OP(=O)(O)OP(=O)(O)O)[C@@H](O)[C@H]2O)c(=O)[nH]1.O.[Na+]. The Morgan fingerprint density at radius 3 is 2.32 bits per heavy atom. The second-order valence-corrected chi connectivity index (χ2v) is 10.6. The zero-order chi connectivity index (χ0) is 24.1. The Morgan fingerprint density at radius 1 is 1.12 bits per heavy atom. The molecule has 0 spiro atoms. The normalized spacial score (nSPS) is 26.3. The summed E-state index contributed by atoms with van der Waals surface area (Å²) in [6.45, 7) is -1.01. The van der Waals surface area contributed by atoms with E-state index in [1.54, 1.807) is 0 Å². The molecule has 188 valence electrons. The van der Waals surface area contributed by atoms with Gasteiger partial charge in [0.15, 0.2) is 17.4 Å². The Balaban J connectivity index is 0.00000289. The van der Waals surface area contributed by atoms with Crippen LogP contribution >= 0.6 is 23.5 Å². The summed E-state index contributed by atoms with van der Waals surface area (Å²) in [6.07, 6.45) is -5.33. The Morgan fingerprint density at radius 2 is 1.74 bits per heavy atom. The molecular formula is C10H18N5NaO15P3+. The third kappa shape index (κ3) is 7.45. The number of anilines is 1. The fraction of sp³-hybridized carbons (Fsp3) is 0.500. The zero-order valence-electron chi connectivity index (χ0n) is 16.8. The number of nitrogen functional groups attached to an aromatic ring is 1. The number of aromatic nitrogens is 4. The minimum atomic E-state index is -5.73. The van der Waals surface area contributed by atoms with Crippen molar-refractivity contribution in [3.63, 3.8) is 0 Å². The largest absolute Gasteiger partial charge is 1.00 e. The Bertz CT molecular complexity index is 1220. The third-order valence-electron chi connectivity index (χ3n) is 3.88. The number of aromatic amines is 1. The molecule has 0 radical (unpaired) electrons.